The fourth-order valence-corrected chi connectivity index (χ4v) is 0.300. The fourth-order valence-electron chi connectivity index (χ4n) is 0.164. The average Bonchev–Trinajstić information content (AvgIpc) is 1.61. The van der Waals surface area contributed by atoms with E-state index in [0.717, 1.165) is 6.04 Å². The van der Waals surface area contributed by atoms with Crippen molar-refractivity contribution in [1.82, 2.24) is 0 Å². The van der Waals surface area contributed by atoms with Crippen molar-refractivity contribution in [2.75, 3.05) is 0 Å². The van der Waals surface area contributed by atoms with Crippen molar-refractivity contribution in [2.45, 2.75) is 6.04 Å². The van der Waals surface area contributed by atoms with E-state index in [1.807, 2.05) is 12.2 Å². The lowest BCUT2D eigenvalue weighted by Gasteiger charge is -1.67. The molecule has 0 aromatic carbocycles. The predicted molar refractivity (Wildman–Crippen MR) is 29.9 cm³/mol. The van der Waals surface area contributed by atoms with Crippen molar-refractivity contribution >= 4 is 10.2 Å². The SMILES string of the molecule is C=C/C=C/C[Si]. The summed E-state index contributed by atoms with van der Waals surface area (Å²) in [4.78, 5) is 0. The Labute approximate surface area is 42.0 Å². The molecule has 0 rings (SSSR count). The van der Waals surface area contributed by atoms with Gasteiger partial charge in [0.15, 0.2) is 0 Å². The van der Waals surface area contributed by atoms with Crippen molar-refractivity contribution in [3.05, 3.63) is 24.8 Å². The van der Waals surface area contributed by atoms with Crippen LogP contribution in [-0.4, -0.2) is 10.2 Å². The molecule has 0 fully saturated rings. The van der Waals surface area contributed by atoms with Crippen molar-refractivity contribution in [2.24, 2.45) is 0 Å². The van der Waals surface area contributed by atoms with E-state index < -0.39 is 0 Å². The van der Waals surface area contributed by atoms with Crippen LogP contribution in [0.1, 0.15) is 0 Å². The van der Waals surface area contributed by atoms with E-state index in [9.17, 15) is 0 Å². The van der Waals surface area contributed by atoms with Crippen LogP contribution in [0.25, 0.3) is 0 Å². The van der Waals surface area contributed by atoms with Crippen LogP contribution in [0.3, 0.4) is 0 Å². The van der Waals surface area contributed by atoms with E-state index in [1.54, 1.807) is 6.08 Å². The second-order valence-electron chi connectivity index (χ2n) is 0.868. The Kier molecular flexibility index (Phi) is 4.46. The Morgan fingerprint density at radius 3 is 2.50 bits per heavy atom. The van der Waals surface area contributed by atoms with Crippen LogP contribution in [-0.2, 0) is 0 Å². The summed E-state index contributed by atoms with van der Waals surface area (Å²) in [6.45, 7) is 3.49. The molecule has 0 saturated carbocycles. The Morgan fingerprint density at radius 2 is 2.33 bits per heavy atom. The quantitative estimate of drug-likeness (QED) is 0.358. The topological polar surface area (TPSA) is 0 Å². The normalized spacial score (nSPS) is 9.50. The zero-order valence-electron chi connectivity index (χ0n) is 3.65. The summed E-state index contributed by atoms with van der Waals surface area (Å²) in [6.07, 6.45) is 5.62. The van der Waals surface area contributed by atoms with Gasteiger partial charge in [-0.2, -0.15) is 0 Å². The highest BCUT2D eigenvalue weighted by Crippen LogP contribution is 1.74. The fraction of sp³-hybridized carbons (Fsp3) is 0.200. The van der Waals surface area contributed by atoms with E-state index >= 15 is 0 Å². The zero-order chi connectivity index (χ0) is 4.83. The third-order valence-corrected chi connectivity index (χ3v) is 0.626. The Balaban J connectivity index is 2.94. The molecule has 0 aromatic heterocycles. The molecule has 0 saturated heterocycles. The predicted octanol–water partition coefficient (Wildman–Crippen LogP) is 1.32. The van der Waals surface area contributed by atoms with E-state index in [2.05, 4.69) is 16.8 Å². The largest absolute Gasteiger partial charge is 0.0991 e. The third-order valence-electron chi connectivity index (χ3n) is 0.390. The van der Waals surface area contributed by atoms with Gasteiger partial charge in [0.1, 0.15) is 0 Å². The van der Waals surface area contributed by atoms with Crippen molar-refractivity contribution in [3.63, 3.8) is 0 Å². The number of hydrogen-bond acceptors (Lipinski definition) is 0. The van der Waals surface area contributed by atoms with Gasteiger partial charge in [0.05, 0.1) is 0 Å². The van der Waals surface area contributed by atoms with Gasteiger partial charge in [-0.15, -0.1) is 0 Å². The molecule has 0 bridgehead atoms. The first-order valence-electron chi connectivity index (χ1n) is 1.84. The maximum Gasteiger partial charge on any atom is 0.0275 e. The second kappa shape index (κ2) is 4.70. The highest BCUT2D eigenvalue weighted by atomic mass is 28.1. The first-order chi connectivity index (χ1) is 2.91. The number of allylic oxidation sites excluding steroid dienone is 3. The van der Waals surface area contributed by atoms with Crippen molar-refractivity contribution in [3.8, 4) is 0 Å². The molecule has 0 aliphatic carbocycles. The lowest BCUT2D eigenvalue weighted by Crippen LogP contribution is -1.52. The van der Waals surface area contributed by atoms with Gasteiger partial charge in [0.25, 0.3) is 0 Å². The Morgan fingerprint density at radius 1 is 1.67 bits per heavy atom. The number of hydrogen-bond donors (Lipinski definition) is 0. The van der Waals surface area contributed by atoms with Gasteiger partial charge in [0, 0.05) is 10.2 Å². The van der Waals surface area contributed by atoms with Crippen LogP contribution in [0.4, 0.5) is 0 Å². The molecular formula is C5H7Si. The van der Waals surface area contributed by atoms with Crippen LogP contribution in [0.2, 0.25) is 6.04 Å². The summed E-state index contributed by atoms with van der Waals surface area (Å²) in [5.74, 6) is 0. The second-order valence-corrected chi connectivity index (χ2v) is 1.28. The smallest absolute Gasteiger partial charge is 0.0275 e. The summed E-state index contributed by atoms with van der Waals surface area (Å²) in [6, 6.07) is 0.909. The van der Waals surface area contributed by atoms with Gasteiger partial charge in [-0.05, 0) is 6.04 Å². The number of rotatable bonds is 2. The van der Waals surface area contributed by atoms with Crippen LogP contribution < -0.4 is 0 Å². The van der Waals surface area contributed by atoms with E-state index in [0.29, 0.717) is 0 Å². The van der Waals surface area contributed by atoms with E-state index in [-0.39, 0.29) is 0 Å². The van der Waals surface area contributed by atoms with Crippen LogP contribution in [0, 0.1) is 0 Å². The van der Waals surface area contributed by atoms with E-state index in [4.69, 9.17) is 0 Å². The summed E-state index contributed by atoms with van der Waals surface area (Å²) in [5, 5.41) is 0. The standard InChI is InChI=1S/C5H7Si/c1-2-3-4-5-6/h2-4H,1,5H2/b4-3+. The molecule has 0 aliphatic rings. The summed E-state index contributed by atoms with van der Waals surface area (Å²) < 4.78 is 0. The molecule has 0 aromatic rings. The van der Waals surface area contributed by atoms with Crippen LogP contribution in [0.15, 0.2) is 24.8 Å². The summed E-state index contributed by atoms with van der Waals surface area (Å²) in [7, 11) is 3.26. The molecule has 0 atom stereocenters. The summed E-state index contributed by atoms with van der Waals surface area (Å²) >= 11 is 0. The van der Waals surface area contributed by atoms with Gasteiger partial charge in [-0.1, -0.05) is 24.8 Å². The molecule has 3 radical (unpaired) electrons. The molecule has 1 heteroatoms. The Hall–Kier alpha value is -0.303. The molecule has 0 unspecified atom stereocenters. The maximum atomic E-state index is 3.49. The molecule has 0 aliphatic heterocycles. The minimum atomic E-state index is 0.909. The minimum Gasteiger partial charge on any atom is -0.0991 e. The molecule has 31 valence electrons. The van der Waals surface area contributed by atoms with Gasteiger partial charge in [-0.25, -0.2) is 0 Å². The highest BCUT2D eigenvalue weighted by molar-refractivity contribution is 6.09. The first kappa shape index (κ1) is 5.70. The van der Waals surface area contributed by atoms with Crippen LogP contribution in [0.5, 0.6) is 0 Å². The lowest BCUT2D eigenvalue weighted by molar-refractivity contribution is 1.71. The van der Waals surface area contributed by atoms with Gasteiger partial charge < -0.3 is 0 Å². The van der Waals surface area contributed by atoms with Crippen LogP contribution >= 0.6 is 0 Å². The van der Waals surface area contributed by atoms with Crippen molar-refractivity contribution in [1.29, 1.82) is 0 Å². The van der Waals surface area contributed by atoms with Gasteiger partial charge in [0.2, 0.25) is 0 Å². The molecule has 0 nitrogen and oxygen atoms in total. The molecule has 0 spiro atoms. The van der Waals surface area contributed by atoms with Crippen molar-refractivity contribution < 1.29 is 0 Å². The van der Waals surface area contributed by atoms with Gasteiger partial charge >= 0.3 is 0 Å². The zero-order valence-corrected chi connectivity index (χ0v) is 4.65. The highest BCUT2D eigenvalue weighted by Gasteiger charge is 1.56. The minimum absolute atomic E-state index is 0.909. The first-order valence-corrected chi connectivity index (χ1v) is 2.54. The maximum absolute atomic E-state index is 3.49. The van der Waals surface area contributed by atoms with Gasteiger partial charge in [-0.3, -0.25) is 0 Å². The molecule has 0 amide bonds. The Bertz CT molecular complexity index is 55.0. The van der Waals surface area contributed by atoms with E-state index in [1.165, 1.54) is 0 Å². The third kappa shape index (κ3) is 3.70. The average molecular weight is 95.2 g/mol. The molecular weight excluding hydrogens is 88.1 g/mol. The summed E-state index contributed by atoms with van der Waals surface area (Å²) in [5.41, 5.74) is 0. The molecule has 6 heavy (non-hydrogen) atoms. The molecule has 0 N–H and O–H groups in total. The lowest BCUT2D eigenvalue weighted by atomic mass is 10.5. The monoisotopic (exact) mass is 95.0 g/mol. The molecule has 0 heterocycles.